The summed E-state index contributed by atoms with van der Waals surface area (Å²) in [5, 5.41) is 2.76. The molecular formula is C25H22N2O6. The molecule has 1 atom stereocenters. The average molecular weight is 446 g/mol. The molecule has 0 saturated heterocycles. The van der Waals surface area contributed by atoms with Crippen molar-refractivity contribution in [2.24, 2.45) is 0 Å². The average Bonchev–Trinajstić information content (AvgIpc) is 3.16. The number of rotatable bonds is 6. The van der Waals surface area contributed by atoms with E-state index in [0.29, 0.717) is 44.6 Å². The van der Waals surface area contributed by atoms with Crippen LogP contribution in [-0.2, 0) is 9.53 Å². The summed E-state index contributed by atoms with van der Waals surface area (Å²) in [4.78, 5) is 30.3. The largest absolute Gasteiger partial charge is 0.493 e. The van der Waals surface area contributed by atoms with Crippen molar-refractivity contribution >= 4 is 44.1 Å². The van der Waals surface area contributed by atoms with E-state index in [2.05, 4.69) is 4.98 Å². The maximum absolute atomic E-state index is 13.7. The molecule has 0 saturated carbocycles. The molecule has 33 heavy (non-hydrogen) atoms. The number of esters is 1. The van der Waals surface area contributed by atoms with Gasteiger partial charge in [0.05, 0.1) is 42.8 Å². The number of aromatic nitrogens is 2. The summed E-state index contributed by atoms with van der Waals surface area (Å²) in [7, 11) is 3.04. The molecule has 0 amide bonds. The van der Waals surface area contributed by atoms with Gasteiger partial charge in [-0.2, -0.15) is 0 Å². The molecule has 0 spiro atoms. The van der Waals surface area contributed by atoms with Crippen LogP contribution >= 0.6 is 0 Å². The molecule has 0 fully saturated rings. The molecular weight excluding hydrogens is 424 g/mol. The first-order valence-corrected chi connectivity index (χ1v) is 10.6. The second-order valence-electron chi connectivity index (χ2n) is 7.61. The van der Waals surface area contributed by atoms with Crippen molar-refractivity contribution in [3.63, 3.8) is 0 Å². The Kier molecular flexibility index (Phi) is 4.92. The van der Waals surface area contributed by atoms with E-state index in [0.717, 1.165) is 10.8 Å². The predicted molar refractivity (Wildman–Crippen MR) is 125 cm³/mol. The van der Waals surface area contributed by atoms with Crippen molar-refractivity contribution in [1.82, 2.24) is 9.38 Å². The smallest absolute Gasteiger partial charge is 0.347 e. The van der Waals surface area contributed by atoms with E-state index in [1.165, 1.54) is 14.2 Å². The van der Waals surface area contributed by atoms with Gasteiger partial charge in [-0.25, -0.2) is 4.79 Å². The summed E-state index contributed by atoms with van der Waals surface area (Å²) in [5.41, 5.74) is 1.88. The van der Waals surface area contributed by atoms with Gasteiger partial charge in [0.2, 0.25) is 0 Å². The summed E-state index contributed by atoms with van der Waals surface area (Å²) in [6.07, 6.45) is 0.957. The van der Waals surface area contributed by atoms with Gasteiger partial charge in [0.1, 0.15) is 5.75 Å². The highest BCUT2D eigenvalue weighted by molar-refractivity contribution is 6.19. The summed E-state index contributed by atoms with van der Waals surface area (Å²) in [6, 6.07) is 10.8. The van der Waals surface area contributed by atoms with Crippen LogP contribution in [0.5, 0.6) is 17.2 Å². The van der Waals surface area contributed by atoms with Gasteiger partial charge in [0, 0.05) is 22.4 Å². The second-order valence-corrected chi connectivity index (χ2v) is 7.61. The van der Waals surface area contributed by atoms with Crippen LogP contribution in [0.15, 0.2) is 47.4 Å². The Morgan fingerprint density at radius 2 is 1.88 bits per heavy atom. The van der Waals surface area contributed by atoms with Gasteiger partial charge in [-0.1, -0.05) is 0 Å². The number of benzene rings is 2. The molecule has 0 N–H and O–H groups in total. The molecule has 3 aromatic heterocycles. The monoisotopic (exact) mass is 446 g/mol. The van der Waals surface area contributed by atoms with E-state index in [1.807, 2.05) is 24.3 Å². The Morgan fingerprint density at radius 1 is 1.06 bits per heavy atom. The molecule has 0 bridgehead atoms. The molecule has 0 aliphatic rings. The van der Waals surface area contributed by atoms with Gasteiger partial charge >= 0.3 is 5.97 Å². The minimum Gasteiger partial charge on any atom is -0.493 e. The van der Waals surface area contributed by atoms with Crippen LogP contribution in [0.4, 0.5) is 0 Å². The lowest BCUT2D eigenvalue weighted by atomic mass is 10.1. The summed E-state index contributed by atoms with van der Waals surface area (Å²) in [5.74, 6) is 0.912. The Labute approximate surface area is 188 Å². The third-order valence-electron chi connectivity index (χ3n) is 5.80. The Morgan fingerprint density at radius 3 is 2.61 bits per heavy atom. The van der Waals surface area contributed by atoms with Gasteiger partial charge in [-0.15, -0.1) is 0 Å². The Bertz CT molecular complexity index is 1590. The van der Waals surface area contributed by atoms with E-state index in [-0.39, 0.29) is 12.2 Å². The van der Waals surface area contributed by atoms with Crippen molar-refractivity contribution < 1.29 is 23.7 Å². The molecule has 2 aromatic carbocycles. The van der Waals surface area contributed by atoms with Crippen LogP contribution in [0.1, 0.15) is 13.8 Å². The predicted octanol–water partition coefficient (Wildman–Crippen LogP) is 3.94. The van der Waals surface area contributed by atoms with Gasteiger partial charge in [0.15, 0.2) is 17.6 Å². The van der Waals surface area contributed by atoms with Crippen LogP contribution in [0.25, 0.3) is 38.1 Å². The standard InChI is InChI=1S/C25H22N2O6/c1-5-32-25(29)13(2)33-14-6-8-18-17(12-14)15-10-11-26-21-16-7-9-19(30-3)23(31-4)20(16)24(28)27(18)22(15)21/h6-13H,5H2,1-4H3/t13-/m0/s1. The van der Waals surface area contributed by atoms with E-state index < -0.39 is 12.1 Å². The number of fused-ring (bicyclic) bond motifs is 5. The lowest BCUT2D eigenvalue weighted by Gasteiger charge is -2.13. The molecule has 8 nitrogen and oxygen atoms in total. The van der Waals surface area contributed by atoms with Crippen molar-refractivity contribution in [2.75, 3.05) is 20.8 Å². The molecule has 0 radical (unpaired) electrons. The first-order valence-electron chi connectivity index (χ1n) is 10.6. The quantitative estimate of drug-likeness (QED) is 0.288. The zero-order valence-corrected chi connectivity index (χ0v) is 18.7. The zero-order chi connectivity index (χ0) is 23.3. The maximum Gasteiger partial charge on any atom is 0.347 e. The SMILES string of the molecule is CCOC(=O)[C@H](C)Oc1ccc2c(c1)c1ccnc3c4ccc(OC)c(OC)c4c(=O)n2c13. The van der Waals surface area contributed by atoms with E-state index >= 15 is 0 Å². The van der Waals surface area contributed by atoms with Crippen molar-refractivity contribution in [1.29, 1.82) is 0 Å². The topological polar surface area (TPSA) is 88.4 Å². The fourth-order valence-electron chi connectivity index (χ4n) is 4.39. The summed E-state index contributed by atoms with van der Waals surface area (Å²) < 4.78 is 23.5. The first kappa shape index (κ1) is 20.8. The minimum atomic E-state index is -0.758. The molecule has 5 aromatic rings. The number of ether oxygens (including phenoxy) is 4. The van der Waals surface area contributed by atoms with E-state index in [1.54, 1.807) is 36.6 Å². The van der Waals surface area contributed by atoms with Crippen molar-refractivity contribution in [2.45, 2.75) is 20.0 Å². The summed E-state index contributed by atoms with van der Waals surface area (Å²) >= 11 is 0. The number of hydrogen-bond donors (Lipinski definition) is 0. The van der Waals surface area contributed by atoms with Crippen LogP contribution in [0.3, 0.4) is 0 Å². The Hall–Kier alpha value is -4.07. The number of carbonyl (C=O) groups is 1. The molecule has 3 heterocycles. The third kappa shape index (κ3) is 3.01. The highest BCUT2D eigenvalue weighted by Gasteiger charge is 2.23. The zero-order valence-electron chi connectivity index (χ0n) is 18.7. The van der Waals surface area contributed by atoms with Gasteiger partial charge < -0.3 is 18.9 Å². The lowest BCUT2D eigenvalue weighted by Crippen LogP contribution is -2.26. The highest BCUT2D eigenvalue weighted by Crippen LogP contribution is 2.39. The molecule has 0 aliphatic heterocycles. The Balaban J connectivity index is 1.82. The first-order chi connectivity index (χ1) is 16.0. The fraction of sp³-hybridized carbons (Fsp3) is 0.240. The number of pyridine rings is 2. The molecule has 8 heteroatoms. The second kappa shape index (κ2) is 7.81. The van der Waals surface area contributed by atoms with Crippen LogP contribution < -0.4 is 19.8 Å². The number of hydrogen-bond acceptors (Lipinski definition) is 7. The van der Waals surface area contributed by atoms with Gasteiger partial charge in [0.25, 0.3) is 5.56 Å². The van der Waals surface area contributed by atoms with Crippen molar-refractivity contribution in [3.8, 4) is 17.2 Å². The minimum absolute atomic E-state index is 0.227. The summed E-state index contributed by atoms with van der Waals surface area (Å²) in [6.45, 7) is 3.67. The van der Waals surface area contributed by atoms with Gasteiger partial charge in [-0.3, -0.25) is 14.2 Å². The normalized spacial score (nSPS) is 12.5. The maximum atomic E-state index is 13.7. The lowest BCUT2D eigenvalue weighted by molar-refractivity contribution is -0.150. The fourth-order valence-corrected chi connectivity index (χ4v) is 4.39. The highest BCUT2D eigenvalue weighted by atomic mass is 16.6. The van der Waals surface area contributed by atoms with Crippen LogP contribution in [-0.4, -0.2) is 42.3 Å². The van der Waals surface area contributed by atoms with Gasteiger partial charge in [-0.05, 0) is 50.2 Å². The van der Waals surface area contributed by atoms with E-state index in [4.69, 9.17) is 18.9 Å². The number of carbonyl (C=O) groups excluding carboxylic acids is 1. The van der Waals surface area contributed by atoms with E-state index in [9.17, 15) is 9.59 Å². The van der Waals surface area contributed by atoms with Crippen molar-refractivity contribution in [3.05, 3.63) is 52.9 Å². The number of nitrogens with zero attached hydrogens (tertiary/aromatic N) is 2. The molecule has 5 rings (SSSR count). The number of methoxy groups -OCH3 is 2. The van der Waals surface area contributed by atoms with Crippen LogP contribution in [0, 0.1) is 0 Å². The molecule has 0 unspecified atom stereocenters. The van der Waals surface area contributed by atoms with Crippen LogP contribution in [0.2, 0.25) is 0 Å². The third-order valence-corrected chi connectivity index (χ3v) is 5.80. The molecule has 168 valence electrons. The molecule has 0 aliphatic carbocycles.